The number of nitrogens with one attached hydrogen (secondary N) is 2. The Morgan fingerprint density at radius 1 is 1.61 bits per heavy atom. The third-order valence-electron chi connectivity index (χ3n) is 3.59. The Bertz CT molecular complexity index is 671. The predicted molar refractivity (Wildman–Crippen MR) is 85.3 cm³/mol. The first-order valence-electron chi connectivity index (χ1n) is 7.27. The van der Waals surface area contributed by atoms with Crippen LogP contribution in [0.1, 0.15) is 24.0 Å². The monoisotopic (exact) mass is 337 g/mol. The van der Waals surface area contributed by atoms with Gasteiger partial charge in [-0.25, -0.2) is 14.8 Å². The van der Waals surface area contributed by atoms with Gasteiger partial charge in [-0.15, -0.1) is 11.3 Å². The number of anilines is 1. The van der Waals surface area contributed by atoms with Crippen molar-refractivity contribution in [2.75, 3.05) is 19.0 Å². The molecule has 23 heavy (non-hydrogen) atoms. The molecule has 1 aliphatic rings. The van der Waals surface area contributed by atoms with Crippen LogP contribution in [0.4, 0.5) is 9.93 Å². The minimum atomic E-state index is -0.293. The highest BCUT2D eigenvalue weighted by molar-refractivity contribution is 7.13. The maximum atomic E-state index is 12.2. The molecule has 2 amide bonds. The van der Waals surface area contributed by atoms with E-state index in [1.807, 2.05) is 23.2 Å². The van der Waals surface area contributed by atoms with Crippen molar-refractivity contribution in [2.45, 2.75) is 25.2 Å². The topological polar surface area (TPSA) is 90.3 Å². The number of imidazole rings is 1. The van der Waals surface area contributed by atoms with Gasteiger partial charge in [0.25, 0.3) is 0 Å². The molecule has 2 N–H and O–H groups in total. The van der Waals surface area contributed by atoms with E-state index in [0.29, 0.717) is 18.3 Å². The van der Waals surface area contributed by atoms with Gasteiger partial charge < -0.3 is 19.4 Å². The molecule has 3 rings (SSSR count). The Kier molecular flexibility index (Phi) is 4.89. The van der Waals surface area contributed by atoms with Crippen molar-refractivity contribution in [3.8, 4) is 0 Å². The lowest BCUT2D eigenvalue weighted by atomic mass is 10.1. The van der Waals surface area contributed by atoms with E-state index in [4.69, 9.17) is 9.47 Å². The zero-order chi connectivity index (χ0) is 16.2. The van der Waals surface area contributed by atoms with Crippen LogP contribution in [-0.2, 0) is 23.1 Å². The number of carbonyl (C=O) groups is 1. The van der Waals surface area contributed by atoms with Crippen LogP contribution in [0.5, 0.6) is 0 Å². The Labute approximate surface area is 137 Å². The highest BCUT2D eigenvalue weighted by Gasteiger charge is 2.33. The molecule has 0 aliphatic carbocycles. The number of ether oxygens (including phenoxy) is 2. The smallest absolute Gasteiger partial charge is 0.321 e. The standard InChI is InChI=1S/C14H19N5O3S/c1-19-5-4-15-12(19)11-10(3-6-22-11)17-13(20)18-14-16-9(7-21-2)8-23-14/h4-5,8,10-11H,3,6-7H2,1-2H3,(H2,16,17,18,20)/t10-,11-/m1/s1. The van der Waals surface area contributed by atoms with E-state index in [-0.39, 0.29) is 18.2 Å². The van der Waals surface area contributed by atoms with E-state index in [0.717, 1.165) is 17.9 Å². The molecule has 8 nitrogen and oxygen atoms in total. The van der Waals surface area contributed by atoms with Gasteiger partial charge in [0.2, 0.25) is 0 Å². The number of amides is 2. The van der Waals surface area contributed by atoms with Crippen LogP contribution < -0.4 is 10.6 Å². The number of carbonyl (C=O) groups excluding carboxylic acids is 1. The van der Waals surface area contributed by atoms with E-state index < -0.39 is 0 Å². The summed E-state index contributed by atoms with van der Waals surface area (Å²) in [6.07, 6.45) is 4.10. The zero-order valence-electron chi connectivity index (χ0n) is 13.0. The summed E-state index contributed by atoms with van der Waals surface area (Å²) < 4.78 is 12.6. The fourth-order valence-electron chi connectivity index (χ4n) is 2.52. The summed E-state index contributed by atoms with van der Waals surface area (Å²) in [7, 11) is 3.52. The van der Waals surface area contributed by atoms with Crippen LogP contribution in [0.15, 0.2) is 17.8 Å². The second-order valence-electron chi connectivity index (χ2n) is 5.26. The second kappa shape index (κ2) is 7.07. The molecule has 0 radical (unpaired) electrons. The zero-order valence-corrected chi connectivity index (χ0v) is 13.8. The SMILES string of the molecule is COCc1csc(NC(=O)N[C@@H]2CCO[C@H]2c2nccn2C)n1. The van der Waals surface area contributed by atoms with E-state index in [2.05, 4.69) is 20.6 Å². The molecule has 0 spiro atoms. The maximum Gasteiger partial charge on any atom is 0.321 e. The lowest BCUT2D eigenvalue weighted by Crippen LogP contribution is -2.40. The number of rotatable bonds is 5. The first-order chi connectivity index (χ1) is 11.2. The number of urea groups is 1. The molecule has 9 heteroatoms. The molecule has 1 fully saturated rings. The van der Waals surface area contributed by atoms with Crippen LogP contribution in [0.25, 0.3) is 0 Å². The van der Waals surface area contributed by atoms with E-state index >= 15 is 0 Å². The maximum absolute atomic E-state index is 12.2. The van der Waals surface area contributed by atoms with E-state index in [1.54, 1.807) is 13.3 Å². The number of aryl methyl sites for hydroxylation is 1. The van der Waals surface area contributed by atoms with Crippen molar-refractivity contribution >= 4 is 22.5 Å². The molecule has 0 aromatic carbocycles. The molecule has 2 atom stereocenters. The summed E-state index contributed by atoms with van der Waals surface area (Å²) in [6, 6.07) is -0.410. The Hall–Kier alpha value is -1.97. The average Bonchev–Trinajstić information content (AvgIpc) is 3.22. The first-order valence-corrected chi connectivity index (χ1v) is 8.15. The van der Waals surface area contributed by atoms with Crippen LogP contribution in [0.2, 0.25) is 0 Å². The fraction of sp³-hybridized carbons (Fsp3) is 0.500. The van der Waals surface area contributed by atoms with Crippen LogP contribution >= 0.6 is 11.3 Å². The number of methoxy groups -OCH3 is 1. The number of hydrogen-bond donors (Lipinski definition) is 2. The Morgan fingerprint density at radius 2 is 2.48 bits per heavy atom. The van der Waals surface area contributed by atoms with Gasteiger partial charge in [-0.2, -0.15) is 0 Å². The van der Waals surface area contributed by atoms with Crippen LogP contribution in [-0.4, -0.2) is 40.3 Å². The quantitative estimate of drug-likeness (QED) is 0.866. The fourth-order valence-corrected chi connectivity index (χ4v) is 3.21. The van der Waals surface area contributed by atoms with Crippen LogP contribution in [0.3, 0.4) is 0 Å². The molecule has 1 aliphatic heterocycles. The molecule has 0 bridgehead atoms. The summed E-state index contributed by atoms with van der Waals surface area (Å²) in [4.78, 5) is 20.7. The summed E-state index contributed by atoms with van der Waals surface area (Å²) in [5.74, 6) is 0.810. The predicted octanol–water partition coefficient (Wildman–Crippen LogP) is 1.67. The van der Waals surface area contributed by atoms with Gasteiger partial charge in [0.05, 0.1) is 18.3 Å². The summed E-state index contributed by atoms with van der Waals surface area (Å²) in [5.41, 5.74) is 0.794. The van der Waals surface area contributed by atoms with Gasteiger partial charge in [-0.05, 0) is 6.42 Å². The van der Waals surface area contributed by atoms with Gasteiger partial charge in [0.15, 0.2) is 5.13 Å². The number of hydrogen-bond acceptors (Lipinski definition) is 6. The molecule has 0 saturated carbocycles. The minimum Gasteiger partial charge on any atom is -0.378 e. The molecule has 1 saturated heterocycles. The van der Waals surface area contributed by atoms with E-state index in [9.17, 15) is 4.79 Å². The molecule has 2 aromatic rings. The lowest BCUT2D eigenvalue weighted by Gasteiger charge is -2.19. The minimum absolute atomic E-state index is 0.116. The van der Waals surface area contributed by atoms with Crippen molar-refractivity contribution in [3.63, 3.8) is 0 Å². The number of nitrogens with zero attached hydrogens (tertiary/aromatic N) is 3. The lowest BCUT2D eigenvalue weighted by molar-refractivity contribution is 0.0913. The van der Waals surface area contributed by atoms with Crippen molar-refractivity contribution in [3.05, 3.63) is 29.3 Å². The van der Waals surface area contributed by atoms with Gasteiger partial charge in [0.1, 0.15) is 11.9 Å². The van der Waals surface area contributed by atoms with Gasteiger partial charge in [0, 0.05) is 38.5 Å². The number of thiazole rings is 1. The summed E-state index contributed by atoms with van der Waals surface area (Å²) in [5, 5.41) is 8.09. The van der Waals surface area contributed by atoms with Crippen LogP contribution in [0, 0.1) is 0 Å². The molecular formula is C14H19N5O3S. The molecule has 3 heterocycles. The third-order valence-corrected chi connectivity index (χ3v) is 4.39. The first kappa shape index (κ1) is 15.9. The molecule has 124 valence electrons. The molecule has 2 aromatic heterocycles. The largest absolute Gasteiger partial charge is 0.378 e. The summed E-state index contributed by atoms with van der Waals surface area (Å²) >= 11 is 1.37. The van der Waals surface area contributed by atoms with Crippen molar-refractivity contribution < 1.29 is 14.3 Å². The summed E-state index contributed by atoms with van der Waals surface area (Å²) in [6.45, 7) is 1.02. The number of aromatic nitrogens is 3. The van der Waals surface area contributed by atoms with Crippen molar-refractivity contribution in [2.24, 2.45) is 7.05 Å². The highest BCUT2D eigenvalue weighted by Crippen LogP contribution is 2.27. The van der Waals surface area contributed by atoms with Crippen molar-refractivity contribution in [1.82, 2.24) is 19.9 Å². The van der Waals surface area contributed by atoms with Gasteiger partial charge in [-0.1, -0.05) is 0 Å². The highest BCUT2D eigenvalue weighted by atomic mass is 32.1. The second-order valence-corrected chi connectivity index (χ2v) is 6.12. The van der Waals surface area contributed by atoms with Gasteiger partial charge in [-0.3, -0.25) is 5.32 Å². The molecular weight excluding hydrogens is 318 g/mol. The average molecular weight is 337 g/mol. The normalized spacial score (nSPS) is 20.6. The van der Waals surface area contributed by atoms with E-state index in [1.165, 1.54) is 11.3 Å². The Balaban J connectivity index is 1.59. The third kappa shape index (κ3) is 3.69. The van der Waals surface area contributed by atoms with Crippen molar-refractivity contribution in [1.29, 1.82) is 0 Å². The van der Waals surface area contributed by atoms with Gasteiger partial charge >= 0.3 is 6.03 Å². The molecule has 0 unspecified atom stereocenters. The Morgan fingerprint density at radius 3 is 3.22 bits per heavy atom.